The number of hydrogen-bond donors (Lipinski definition) is 0. The first-order chi connectivity index (χ1) is 8.83. The Morgan fingerprint density at radius 2 is 2.39 bits per heavy atom. The number of thioether (sulfide) groups is 1. The highest BCUT2D eigenvalue weighted by atomic mass is 32.2. The van der Waals surface area contributed by atoms with Crippen molar-refractivity contribution in [3.8, 4) is 0 Å². The summed E-state index contributed by atoms with van der Waals surface area (Å²) in [5.41, 5.74) is 0.800. The zero-order valence-electron chi connectivity index (χ0n) is 9.41. The number of rotatable bonds is 4. The molecule has 0 saturated carbocycles. The molecule has 0 fully saturated rings. The molecule has 0 saturated heterocycles. The fourth-order valence-electron chi connectivity index (χ4n) is 1.61. The lowest BCUT2D eigenvalue weighted by molar-refractivity contribution is 0.530. The molecule has 0 radical (unpaired) electrons. The summed E-state index contributed by atoms with van der Waals surface area (Å²) in [7, 11) is 0. The third-order valence-electron chi connectivity index (χ3n) is 2.43. The van der Waals surface area contributed by atoms with Crippen molar-refractivity contribution >= 4 is 28.1 Å². The molecule has 6 heteroatoms. The second kappa shape index (κ2) is 4.99. The van der Waals surface area contributed by atoms with Crippen molar-refractivity contribution in [2.24, 2.45) is 0 Å². The van der Waals surface area contributed by atoms with Gasteiger partial charge in [-0.3, -0.25) is 9.20 Å². The molecule has 3 aromatic rings. The van der Waals surface area contributed by atoms with E-state index in [1.165, 1.54) is 11.3 Å². The lowest BCUT2D eigenvalue weighted by Gasteiger charge is -2.00. The van der Waals surface area contributed by atoms with E-state index >= 15 is 0 Å². The van der Waals surface area contributed by atoms with Gasteiger partial charge in [0.2, 0.25) is 0 Å². The third-order valence-corrected chi connectivity index (χ3v) is 4.18. The predicted molar refractivity (Wildman–Crippen MR) is 73.0 cm³/mol. The van der Waals surface area contributed by atoms with Crippen LogP contribution in [0.1, 0.15) is 11.5 Å². The van der Waals surface area contributed by atoms with E-state index in [-0.39, 0.29) is 5.56 Å². The molecule has 3 heterocycles. The second-order valence-electron chi connectivity index (χ2n) is 3.71. The molecule has 0 aliphatic rings. The zero-order chi connectivity index (χ0) is 12.4. The van der Waals surface area contributed by atoms with Gasteiger partial charge in [0.25, 0.3) is 5.56 Å². The molecular weight excluding hydrogens is 268 g/mol. The molecular formula is C12H10N2O2S2. The van der Waals surface area contributed by atoms with Crippen LogP contribution in [0.5, 0.6) is 0 Å². The van der Waals surface area contributed by atoms with E-state index in [0.717, 1.165) is 22.2 Å². The molecule has 0 bridgehead atoms. The van der Waals surface area contributed by atoms with Gasteiger partial charge < -0.3 is 4.42 Å². The van der Waals surface area contributed by atoms with Crippen molar-refractivity contribution in [2.75, 3.05) is 0 Å². The van der Waals surface area contributed by atoms with Gasteiger partial charge in [0, 0.05) is 23.4 Å². The average molecular weight is 278 g/mol. The van der Waals surface area contributed by atoms with Crippen LogP contribution in [-0.2, 0) is 11.5 Å². The van der Waals surface area contributed by atoms with E-state index in [9.17, 15) is 4.79 Å². The first-order valence-electron chi connectivity index (χ1n) is 5.39. The van der Waals surface area contributed by atoms with Crippen molar-refractivity contribution < 1.29 is 4.42 Å². The van der Waals surface area contributed by atoms with Gasteiger partial charge in [-0.2, -0.15) is 0 Å². The first kappa shape index (κ1) is 11.6. The smallest absolute Gasteiger partial charge is 0.258 e. The quantitative estimate of drug-likeness (QED) is 0.736. The molecule has 92 valence electrons. The Morgan fingerprint density at radius 1 is 1.44 bits per heavy atom. The van der Waals surface area contributed by atoms with Crippen molar-refractivity contribution in [1.29, 1.82) is 0 Å². The van der Waals surface area contributed by atoms with E-state index in [0.29, 0.717) is 5.75 Å². The summed E-state index contributed by atoms with van der Waals surface area (Å²) in [6.07, 6.45) is 3.41. The van der Waals surface area contributed by atoms with E-state index in [4.69, 9.17) is 4.42 Å². The van der Waals surface area contributed by atoms with Crippen LogP contribution in [0.25, 0.3) is 4.96 Å². The Labute approximate surface area is 111 Å². The molecule has 0 aliphatic heterocycles. The minimum Gasteiger partial charge on any atom is -0.468 e. The maximum Gasteiger partial charge on any atom is 0.258 e. The molecule has 18 heavy (non-hydrogen) atoms. The van der Waals surface area contributed by atoms with Gasteiger partial charge in [-0.25, -0.2) is 4.98 Å². The maximum atomic E-state index is 11.8. The van der Waals surface area contributed by atoms with Crippen LogP contribution in [0.15, 0.2) is 45.3 Å². The molecule has 0 N–H and O–H groups in total. The topological polar surface area (TPSA) is 47.5 Å². The molecule has 0 atom stereocenters. The van der Waals surface area contributed by atoms with Crippen molar-refractivity contribution in [3.63, 3.8) is 0 Å². The number of nitrogens with zero attached hydrogens (tertiary/aromatic N) is 2. The normalized spacial score (nSPS) is 11.1. The number of aromatic nitrogens is 2. The molecule has 0 spiro atoms. The van der Waals surface area contributed by atoms with Gasteiger partial charge in [0.1, 0.15) is 5.76 Å². The molecule has 3 rings (SSSR count). The van der Waals surface area contributed by atoms with Crippen LogP contribution in [0, 0.1) is 0 Å². The highest BCUT2D eigenvalue weighted by Crippen LogP contribution is 2.17. The Hall–Kier alpha value is -1.53. The summed E-state index contributed by atoms with van der Waals surface area (Å²) in [5.74, 6) is 2.44. The second-order valence-corrected chi connectivity index (χ2v) is 5.57. The number of hydrogen-bond acceptors (Lipinski definition) is 5. The molecule has 0 aromatic carbocycles. The van der Waals surface area contributed by atoms with E-state index in [1.54, 1.807) is 34.7 Å². The third kappa shape index (κ3) is 2.34. The van der Waals surface area contributed by atoms with E-state index in [1.807, 2.05) is 17.5 Å². The fourth-order valence-corrected chi connectivity index (χ4v) is 3.18. The monoisotopic (exact) mass is 278 g/mol. The van der Waals surface area contributed by atoms with Crippen molar-refractivity contribution in [3.05, 3.63) is 57.8 Å². The number of fused-ring (bicyclic) bond motifs is 1. The summed E-state index contributed by atoms with van der Waals surface area (Å²) < 4.78 is 6.81. The summed E-state index contributed by atoms with van der Waals surface area (Å²) in [4.78, 5) is 16.9. The minimum atomic E-state index is -0.0187. The van der Waals surface area contributed by atoms with Crippen LogP contribution in [0.3, 0.4) is 0 Å². The van der Waals surface area contributed by atoms with Gasteiger partial charge in [-0.15, -0.1) is 23.1 Å². The van der Waals surface area contributed by atoms with Crippen LogP contribution in [-0.4, -0.2) is 9.38 Å². The lowest BCUT2D eigenvalue weighted by Crippen LogP contribution is -2.12. The maximum absolute atomic E-state index is 11.8. The zero-order valence-corrected chi connectivity index (χ0v) is 11.0. The van der Waals surface area contributed by atoms with Gasteiger partial charge in [0.05, 0.1) is 17.7 Å². The van der Waals surface area contributed by atoms with Gasteiger partial charge >= 0.3 is 0 Å². The predicted octanol–water partition coefficient (Wildman–Crippen LogP) is 2.78. The molecule has 4 nitrogen and oxygen atoms in total. The summed E-state index contributed by atoms with van der Waals surface area (Å²) in [5, 5.41) is 1.86. The van der Waals surface area contributed by atoms with Crippen molar-refractivity contribution in [1.82, 2.24) is 9.38 Å². The summed E-state index contributed by atoms with van der Waals surface area (Å²) >= 11 is 3.16. The lowest BCUT2D eigenvalue weighted by atomic mass is 10.4. The molecule has 0 amide bonds. The van der Waals surface area contributed by atoms with Gasteiger partial charge in [-0.1, -0.05) is 0 Å². The number of furan rings is 1. The van der Waals surface area contributed by atoms with Gasteiger partial charge in [-0.05, 0) is 12.1 Å². The Morgan fingerprint density at radius 3 is 3.22 bits per heavy atom. The summed E-state index contributed by atoms with van der Waals surface area (Å²) in [6, 6.07) is 5.41. The highest BCUT2D eigenvalue weighted by molar-refractivity contribution is 7.97. The average Bonchev–Trinajstić information content (AvgIpc) is 2.99. The molecule has 3 aromatic heterocycles. The highest BCUT2D eigenvalue weighted by Gasteiger charge is 2.04. The Kier molecular flexibility index (Phi) is 3.21. The Bertz CT molecular complexity index is 700. The summed E-state index contributed by atoms with van der Waals surface area (Å²) in [6.45, 7) is 0. The van der Waals surface area contributed by atoms with Gasteiger partial charge in [0.15, 0.2) is 4.96 Å². The van der Waals surface area contributed by atoms with Crippen LogP contribution < -0.4 is 5.56 Å². The first-order valence-corrected chi connectivity index (χ1v) is 7.42. The van der Waals surface area contributed by atoms with Crippen LogP contribution in [0.4, 0.5) is 0 Å². The van der Waals surface area contributed by atoms with Crippen molar-refractivity contribution in [2.45, 2.75) is 11.5 Å². The molecule has 0 unspecified atom stereocenters. The molecule has 0 aliphatic carbocycles. The van der Waals surface area contributed by atoms with Crippen LogP contribution >= 0.6 is 23.1 Å². The standard InChI is InChI=1S/C12H10N2O2S2/c15-11-6-9(13-12-14(11)3-5-18-12)7-17-8-10-2-1-4-16-10/h1-6H,7-8H2. The number of thiazole rings is 1. The van der Waals surface area contributed by atoms with E-state index in [2.05, 4.69) is 4.98 Å². The van der Waals surface area contributed by atoms with E-state index < -0.39 is 0 Å². The SMILES string of the molecule is O=c1cc(CSCc2ccco2)nc2sccn12. The fraction of sp³-hybridized carbons (Fsp3) is 0.167. The Balaban J connectivity index is 1.72. The van der Waals surface area contributed by atoms with Crippen LogP contribution in [0.2, 0.25) is 0 Å². The largest absolute Gasteiger partial charge is 0.468 e. The minimum absolute atomic E-state index is 0.0187.